The van der Waals surface area contributed by atoms with Crippen molar-refractivity contribution >= 4 is 29.0 Å². The van der Waals surface area contributed by atoms with Gasteiger partial charge in [0.15, 0.2) is 17.3 Å². The number of benzene rings is 1. The molecule has 3 nitrogen and oxygen atoms in total. The molecule has 0 heterocycles. The molecule has 0 spiro atoms. The van der Waals surface area contributed by atoms with Gasteiger partial charge in [0.05, 0.1) is 5.57 Å². The Hall–Kier alpha value is -2.00. The molecule has 0 saturated carbocycles. The lowest BCUT2D eigenvalue weighted by atomic mass is 9.91. The van der Waals surface area contributed by atoms with Gasteiger partial charge in [-0.05, 0) is 37.3 Å². The van der Waals surface area contributed by atoms with E-state index in [4.69, 9.17) is 11.6 Å². The van der Waals surface area contributed by atoms with Crippen molar-refractivity contribution in [3.63, 3.8) is 0 Å². The highest BCUT2D eigenvalue weighted by Crippen LogP contribution is 2.18. The largest absolute Gasteiger partial charge is 0.290 e. The van der Waals surface area contributed by atoms with E-state index in [-0.39, 0.29) is 16.9 Å². The maximum atomic E-state index is 12.1. The Balaban J connectivity index is 2.38. The summed E-state index contributed by atoms with van der Waals surface area (Å²) in [5.74, 6) is -1.21. The van der Waals surface area contributed by atoms with E-state index in [1.807, 2.05) is 0 Å². The zero-order valence-electron chi connectivity index (χ0n) is 9.57. The second-order valence-corrected chi connectivity index (χ2v) is 4.39. The summed E-state index contributed by atoms with van der Waals surface area (Å²) in [6.07, 6.45) is 2.30. The van der Waals surface area contributed by atoms with Crippen LogP contribution < -0.4 is 0 Å². The van der Waals surface area contributed by atoms with Crippen molar-refractivity contribution in [3.05, 3.63) is 58.1 Å². The van der Waals surface area contributed by atoms with Crippen LogP contribution in [0.2, 0.25) is 5.02 Å². The summed E-state index contributed by atoms with van der Waals surface area (Å²) in [6.45, 7) is 1.52. The van der Waals surface area contributed by atoms with Crippen LogP contribution in [0.1, 0.15) is 17.3 Å². The smallest absolute Gasteiger partial charge is 0.197 e. The second-order valence-electron chi connectivity index (χ2n) is 3.95. The highest BCUT2D eigenvalue weighted by molar-refractivity contribution is 6.36. The molecule has 1 aliphatic carbocycles. The third-order valence-electron chi connectivity index (χ3n) is 2.60. The first-order chi connectivity index (χ1) is 8.49. The van der Waals surface area contributed by atoms with Gasteiger partial charge in [0, 0.05) is 22.2 Å². The van der Waals surface area contributed by atoms with Crippen LogP contribution in [0.5, 0.6) is 0 Å². The average Bonchev–Trinajstić information content (AvgIpc) is 2.34. The molecule has 0 N–H and O–H groups in total. The molecule has 18 heavy (non-hydrogen) atoms. The van der Waals surface area contributed by atoms with Gasteiger partial charge in [0.2, 0.25) is 0 Å². The van der Waals surface area contributed by atoms with E-state index in [1.54, 1.807) is 12.1 Å². The number of Topliss-reactive ketones (excluding diaryl/α,β-unsaturated/α-hetero) is 2. The van der Waals surface area contributed by atoms with E-state index < -0.39 is 11.6 Å². The fourth-order valence-electron chi connectivity index (χ4n) is 1.67. The number of allylic oxidation sites excluding steroid dienone is 4. The van der Waals surface area contributed by atoms with Gasteiger partial charge in [-0.1, -0.05) is 11.6 Å². The third kappa shape index (κ3) is 2.31. The van der Waals surface area contributed by atoms with E-state index >= 15 is 0 Å². The molecule has 0 fully saturated rings. The molecule has 0 saturated heterocycles. The number of carbonyl (C=O) groups is 3. The monoisotopic (exact) mass is 260 g/mol. The fraction of sp³-hybridized carbons (Fsp3) is 0.0714. The first kappa shape index (κ1) is 12.5. The molecule has 4 heteroatoms. The highest BCUT2D eigenvalue weighted by Gasteiger charge is 2.25. The molecule has 1 aliphatic rings. The Bertz CT molecular complexity index is 606. The lowest BCUT2D eigenvalue weighted by Crippen LogP contribution is -2.19. The van der Waals surface area contributed by atoms with Gasteiger partial charge in [0.1, 0.15) is 0 Å². The molecule has 0 unspecified atom stereocenters. The summed E-state index contributed by atoms with van der Waals surface area (Å²) in [6, 6.07) is 6.17. The van der Waals surface area contributed by atoms with Crippen molar-refractivity contribution < 1.29 is 14.4 Å². The van der Waals surface area contributed by atoms with Gasteiger partial charge in [-0.3, -0.25) is 14.4 Å². The lowest BCUT2D eigenvalue weighted by molar-refractivity contribution is -0.115. The van der Waals surface area contributed by atoms with Gasteiger partial charge >= 0.3 is 0 Å². The van der Waals surface area contributed by atoms with Gasteiger partial charge < -0.3 is 0 Å². The van der Waals surface area contributed by atoms with E-state index in [0.717, 1.165) is 6.08 Å². The molecule has 1 aromatic carbocycles. The topological polar surface area (TPSA) is 51.2 Å². The Morgan fingerprint density at radius 1 is 1.06 bits per heavy atom. The minimum absolute atomic E-state index is 0.0951. The third-order valence-corrected chi connectivity index (χ3v) is 2.85. The number of halogens is 1. The SMILES string of the molecule is CC1=CC(=O)C=C(C(=O)c2ccc(Cl)cc2)C1=O. The van der Waals surface area contributed by atoms with Gasteiger partial charge in [-0.15, -0.1) is 0 Å². The molecule has 0 aromatic heterocycles. The van der Waals surface area contributed by atoms with Crippen LogP contribution in [0, 0.1) is 0 Å². The maximum absolute atomic E-state index is 12.1. The molecule has 0 atom stereocenters. The molecule has 0 radical (unpaired) electrons. The summed E-state index contributed by atoms with van der Waals surface area (Å²) in [7, 11) is 0. The van der Waals surface area contributed by atoms with Gasteiger partial charge in [-0.2, -0.15) is 0 Å². The highest BCUT2D eigenvalue weighted by atomic mass is 35.5. The number of hydrogen-bond donors (Lipinski definition) is 0. The quantitative estimate of drug-likeness (QED) is 0.466. The Kier molecular flexibility index (Phi) is 3.26. The summed E-state index contributed by atoms with van der Waals surface area (Å²) >= 11 is 5.72. The van der Waals surface area contributed by atoms with Crippen molar-refractivity contribution in [2.75, 3.05) is 0 Å². The van der Waals surface area contributed by atoms with Crippen molar-refractivity contribution in [3.8, 4) is 0 Å². The van der Waals surface area contributed by atoms with Crippen molar-refractivity contribution in [2.45, 2.75) is 6.92 Å². The first-order valence-electron chi connectivity index (χ1n) is 5.28. The number of ketones is 3. The van der Waals surface area contributed by atoms with Crippen LogP contribution in [0.15, 0.2) is 47.6 Å². The minimum atomic E-state index is -0.461. The molecule has 0 bridgehead atoms. The summed E-state index contributed by atoms with van der Waals surface area (Å²) in [5, 5.41) is 0.502. The van der Waals surface area contributed by atoms with Crippen LogP contribution in [-0.4, -0.2) is 17.3 Å². The van der Waals surface area contributed by atoms with E-state index in [0.29, 0.717) is 10.6 Å². The molecule has 0 aliphatic heterocycles. The Morgan fingerprint density at radius 3 is 2.28 bits per heavy atom. The summed E-state index contributed by atoms with van der Waals surface area (Å²) in [4.78, 5) is 35.3. The molecule has 90 valence electrons. The van der Waals surface area contributed by atoms with E-state index in [9.17, 15) is 14.4 Å². The van der Waals surface area contributed by atoms with Crippen molar-refractivity contribution in [1.82, 2.24) is 0 Å². The predicted molar refractivity (Wildman–Crippen MR) is 67.6 cm³/mol. The lowest BCUT2D eigenvalue weighted by Gasteiger charge is -2.09. The Labute approximate surface area is 109 Å². The molecule has 1 aromatic rings. The maximum Gasteiger partial charge on any atom is 0.197 e. The fourth-order valence-corrected chi connectivity index (χ4v) is 1.79. The summed E-state index contributed by atoms with van der Waals surface area (Å²) < 4.78 is 0. The second kappa shape index (κ2) is 4.70. The zero-order chi connectivity index (χ0) is 13.3. The van der Waals surface area contributed by atoms with E-state index in [1.165, 1.54) is 25.1 Å². The van der Waals surface area contributed by atoms with Crippen molar-refractivity contribution in [1.29, 1.82) is 0 Å². The minimum Gasteiger partial charge on any atom is -0.290 e. The predicted octanol–water partition coefficient (Wildman–Crippen LogP) is 2.55. The van der Waals surface area contributed by atoms with Crippen LogP contribution in [-0.2, 0) is 9.59 Å². The van der Waals surface area contributed by atoms with Crippen molar-refractivity contribution in [2.24, 2.45) is 0 Å². The standard InChI is InChI=1S/C14H9ClO3/c1-8-6-11(16)7-12(13(8)17)14(18)9-2-4-10(15)5-3-9/h2-7H,1H3. The Morgan fingerprint density at radius 2 is 1.67 bits per heavy atom. The molecular formula is C14H9ClO3. The average molecular weight is 261 g/mol. The van der Waals surface area contributed by atoms with Gasteiger partial charge in [-0.25, -0.2) is 0 Å². The number of carbonyl (C=O) groups excluding carboxylic acids is 3. The van der Waals surface area contributed by atoms with E-state index in [2.05, 4.69) is 0 Å². The molecule has 2 rings (SSSR count). The van der Waals surface area contributed by atoms with Crippen LogP contribution >= 0.6 is 11.6 Å². The zero-order valence-corrected chi connectivity index (χ0v) is 10.3. The normalized spacial score (nSPS) is 15.2. The summed E-state index contributed by atoms with van der Waals surface area (Å²) in [5.41, 5.74) is 0.517. The van der Waals surface area contributed by atoms with Gasteiger partial charge in [0.25, 0.3) is 0 Å². The van der Waals surface area contributed by atoms with Crippen LogP contribution in [0.25, 0.3) is 0 Å². The van der Waals surface area contributed by atoms with Crippen LogP contribution in [0.3, 0.4) is 0 Å². The van der Waals surface area contributed by atoms with Crippen LogP contribution in [0.4, 0.5) is 0 Å². The first-order valence-corrected chi connectivity index (χ1v) is 5.66. The number of hydrogen-bond acceptors (Lipinski definition) is 3. The molecule has 0 amide bonds. The molecular weight excluding hydrogens is 252 g/mol. The number of rotatable bonds is 2.